The molecule has 1 unspecified atom stereocenters. The molecular formula is C9H14N2O. The van der Waals surface area contributed by atoms with E-state index in [4.69, 9.17) is 4.52 Å². The molecule has 1 aliphatic rings. The summed E-state index contributed by atoms with van der Waals surface area (Å²) in [5.74, 6) is 1.61. The Balaban J connectivity index is 2.13. The zero-order chi connectivity index (χ0) is 8.39. The number of nitrogens with zero attached hydrogens (tertiary/aromatic N) is 1. The van der Waals surface area contributed by atoms with Crippen LogP contribution in [0.25, 0.3) is 0 Å². The van der Waals surface area contributed by atoms with Crippen molar-refractivity contribution >= 4 is 0 Å². The van der Waals surface area contributed by atoms with Crippen molar-refractivity contribution in [3.05, 3.63) is 17.5 Å². The second-order valence-electron chi connectivity index (χ2n) is 3.42. The van der Waals surface area contributed by atoms with E-state index in [1.807, 2.05) is 0 Å². The maximum Gasteiger partial charge on any atom is 0.143 e. The molecule has 0 aliphatic carbocycles. The SMILES string of the molecule is Cc1cnoc1C1CCCNC1. The van der Waals surface area contributed by atoms with Gasteiger partial charge in [-0.05, 0) is 26.3 Å². The standard InChI is InChI=1S/C9H14N2O/c1-7-5-11-12-9(7)8-3-2-4-10-6-8/h5,8,10H,2-4,6H2,1H3. The van der Waals surface area contributed by atoms with Crippen molar-refractivity contribution in [2.24, 2.45) is 0 Å². The van der Waals surface area contributed by atoms with Gasteiger partial charge >= 0.3 is 0 Å². The summed E-state index contributed by atoms with van der Waals surface area (Å²) >= 11 is 0. The first-order chi connectivity index (χ1) is 5.88. The molecule has 0 bridgehead atoms. The van der Waals surface area contributed by atoms with Gasteiger partial charge in [0.15, 0.2) is 0 Å². The number of rotatable bonds is 1. The molecule has 1 N–H and O–H groups in total. The van der Waals surface area contributed by atoms with E-state index in [2.05, 4.69) is 17.4 Å². The number of nitrogens with one attached hydrogen (secondary N) is 1. The van der Waals surface area contributed by atoms with E-state index in [1.54, 1.807) is 6.20 Å². The smallest absolute Gasteiger partial charge is 0.143 e. The van der Waals surface area contributed by atoms with Crippen LogP contribution in [-0.4, -0.2) is 18.2 Å². The van der Waals surface area contributed by atoms with Gasteiger partial charge in [0.05, 0.1) is 6.20 Å². The lowest BCUT2D eigenvalue weighted by atomic mass is 9.95. The monoisotopic (exact) mass is 166 g/mol. The van der Waals surface area contributed by atoms with Crippen LogP contribution in [0.15, 0.2) is 10.7 Å². The highest BCUT2D eigenvalue weighted by molar-refractivity contribution is 5.16. The second kappa shape index (κ2) is 3.27. The molecule has 66 valence electrons. The summed E-state index contributed by atoms with van der Waals surface area (Å²) in [6.07, 6.45) is 4.26. The summed E-state index contributed by atoms with van der Waals surface area (Å²) in [5, 5.41) is 7.16. The molecule has 1 fully saturated rings. The van der Waals surface area contributed by atoms with Crippen LogP contribution < -0.4 is 5.32 Å². The van der Waals surface area contributed by atoms with Crippen LogP contribution in [0.5, 0.6) is 0 Å². The highest BCUT2D eigenvalue weighted by Gasteiger charge is 2.20. The Kier molecular flexibility index (Phi) is 2.13. The molecule has 1 aromatic heterocycles. The Hall–Kier alpha value is -0.830. The van der Waals surface area contributed by atoms with Crippen molar-refractivity contribution in [1.82, 2.24) is 10.5 Å². The molecule has 1 aliphatic heterocycles. The molecule has 2 rings (SSSR count). The van der Waals surface area contributed by atoms with Gasteiger partial charge < -0.3 is 9.84 Å². The third-order valence-electron chi connectivity index (χ3n) is 2.45. The van der Waals surface area contributed by atoms with Crippen LogP contribution >= 0.6 is 0 Å². The van der Waals surface area contributed by atoms with Gasteiger partial charge in [-0.3, -0.25) is 0 Å². The third-order valence-corrected chi connectivity index (χ3v) is 2.45. The fourth-order valence-electron chi connectivity index (χ4n) is 1.77. The average Bonchev–Trinajstić information content (AvgIpc) is 2.53. The van der Waals surface area contributed by atoms with E-state index in [1.165, 1.54) is 18.4 Å². The molecule has 12 heavy (non-hydrogen) atoms. The third kappa shape index (κ3) is 1.37. The van der Waals surface area contributed by atoms with E-state index >= 15 is 0 Å². The summed E-state index contributed by atoms with van der Waals surface area (Å²) in [7, 11) is 0. The highest BCUT2D eigenvalue weighted by atomic mass is 16.5. The molecule has 2 heterocycles. The molecule has 0 saturated carbocycles. The molecule has 0 aromatic carbocycles. The lowest BCUT2D eigenvalue weighted by Gasteiger charge is -2.20. The fourth-order valence-corrected chi connectivity index (χ4v) is 1.77. The number of piperidine rings is 1. The Morgan fingerprint density at radius 3 is 3.17 bits per heavy atom. The Labute approximate surface area is 72.1 Å². The number of hydrogen-bond donors (Lipinski definition) is 1. The fraction of sp³-hybridized carbons (Fsp3) is 0.667. The first-order valence-corrected chi connectivity index (χ1v) is 4.50. The van der Waals surface area contributed by atoms with Crippen molar-refractivity contribution in [3.63, 3.8) is 0 Å². The van der Waals surface area contributed by atoms with E-state index in [0.717, 1.165) is 18.8 Å². The van der Waals surface area contributed by atoms with Crippen molar-refractivity contribution in [3.8, 4) is 0 Å². The summed E-state index contributed by atoms with van der Waals surface area (Å²) < 4.78 is 5.21. The molecule has 0 radical (unpaired) electrons. The molecular weight excluding hydrogens is 152 g/mol. The van der Waals surface area contributed by atoms with Gasteiger partial charge in [-0.25, -0.2) is 0 Å². The van der Waals surface area contributed by atoms with Crippen molar-refractivity contribution in [2.75, 3.05) is 13.1 Å². The van der Waals surface area contributed by atoms with Crippen LogP contribution in [0.4, 0.5) is 0 Å². The maximum absolute atomic E-state index is 5.21. The van der Waals surface area contributed by atoms with Crippen LogP contribution in [0, 0.1) is 6.92 Å². The number of hydrogen-bond acceptors (Lipinski definition) is 3. The normalized spacial score (nSPS) is 24.2. The van der Waals surface area contributed by atoms with Crippen LogP contribution in [-0.2, 0) is 0 Å². The quantitative estimate of drug-likeness (QED) is 0.686. The van der Waals surface area contributed by atoms with Gasteiger partial charge in [0.1, 0.15) is 5.76 Å². The van der Waals surface area contributed by atoms with Crippen molar-refractivity contribution in [1.29, 1.82) is 0 Å². The van der Waals surface area contributed by atoms with Gasteiger partial charge in [-0.15, -0.1) is 0 Å². The van der Waals surface area contributed by atoms with Gasteiger partial charge in [-0.1, -0.05) is 5.16 Å². The average molecular weight is 166 g/mol. The predicted octanol–water partition coefficient (Wildman–Crippen LogP) is 1.45. The first kappa shape index (κ1) is 7.80. The Morgan fingerprint density at radius 1 is 1.67 bits per heavy atom. The minimum absolute atomic E-state index is 0.543. The van der Waals surface area contributed by atoms with Crippen LogP contribution in [0.1, 0.15) is 30.1 Å². The lowest BCUT2D eigenvalue weighted by molar-refractivity contribution is 0.328. The van der Waals surface area contributed by atoms with Gasteiger partial charge in [-0.2, -0.15) is 0 Å². The minimum Gasteiger partial charge on any atom is -0.361 e. The van der Waals surface area contributed by atoms with Crippen LogP contribution in [0.2, 0.25) is 0 Å². The molecule has 0 spiro atoms. The zero-order valence-corrected chi connectivity index (χ0v) is 7.34. The first-order valence-electron chi connectivity index (χ1n) is 4.50. The van der Waals surface area contributed by atoms with E-state index < -0.39 is 0 Å². The molecule has 0 amide bonds. The minimum atomic E-state index is 0.543. The van der Waals surface area contributed by atoms with Crippen molar-refractivity contribution in [2.45, 2.75) is 25.7 Å². The highest BCUT2D eigenvalue weighted by Crippen LogP contribution is 2.25. The summed E-state index contributed by atoms with van der Waals surface area (Å²) in [6.45, 7) is 4.24. The van der Waals surface area contributed by atoms with Gasteiger partial charge in [0.25, 0.3) is 0 Å². The molecule has 1 atom stereocenters. The van der Waals surface area contributed by atoms with E-state index in [9.17, 15) is 0 Å². The van der Waals surface area contributed by atoms with Gasteiger partial charge in [0.2, 0.25) is 0 Å². The van der Waals surface area contributed by atoms with Crippen molar-refractivity contribution < 1.29 is 4.52 Å². The predicted molar refractivity (Wildman–Crippen MR) is 46.1 cm³/mol. The zero-order valence-electron chi connectivity index (χ0n) is 7.34. The Bertz CT molecular complexity index is 251. The van der Waals surface area contributed by atoms with Crippen LogP contribution in [0.3, 0.4) is 0 Å². The largest absolute Gasteiger partial charge is 0.361 e. The molecule has 3 nitrogen and oxygen atoms in total. The molecule has 3 heteroatoms. The number of aryl methyl sites for hydroxylation is 1. The summed E-state index contributed by atoms with van der Waals surface area (Å²) in [6, 6.07) is 0. The van der Waals surface area contributed by atoms with E-state index in [-0.39, 0.29) is 0 Å². The van der Waals surface area contributed by atoms with Gasteiger partial charge in [0, 0.05) is 18.0 Å². The maximum atomic E-state index is 5.21. The lowest BCUT2D eigenvalue weighted by Crippen LogP contribution is -2.28. The topological polar surface area (TPSA) is 38.1 Å². The molecule has 1 saturated heterocycles. The summed E-state index contributed by atoms with van der Waals surface area (Å²) in [5.41, 5.74) is 1.18. The Morgan fingerprint density at radius 2 is 2.58 bits per heavy atom. The second-order valence-corrected chi connectivity index (χ2v) is 3.42. The van der Waals surface area contributed by atoms with E-state index in [0.29, 0.717) is 5.92 Å². The number of aromatic nitrogens is 1. The molecule has 1 aromatic rings. The summed E-state index contributed by atoms with van der Waals surface area (Å²) in [4.78, 5) is 0.